The third kappa shape index (κ3) is 2.43. The molecule has 0 aliphatic rings. The average molecular weight is 208 g/mol. The van der Waals surface area contributed by atoms with E-state index in [0.717, 1.165) is 0 Å². The highest BCUT2D eigenvalue weighted by molar-refractivity contribution is 7.93. The highest BCUT2D eigenvalue weighted by atomic mass is 32.2. The van der Waals surface area contributed by atoms with Crippen LogP contribution < -0.4 is 0 Å². The first-order chi connectivity index (χ1) is 5.79. The largest absolute Gasteiger partial charge is 0.468 e. The Kier molecular flexibility index (Phi) is 3.90. The molecule has 4 nitrogen and oxygen atoms in total. The summed E-state index contributed by atoms with van der Waals surface area (Å²) >= 11 is 0. The van der Waals surface area contributed by atoms with Crippen LogP contribution in [0.5, 0.6) is 0 Å². The quantitative estimate of drug-likeness (QED) is 0.640. The molecule has 0 aliphatic heterocycles. The number of esters is 1. The number of carbonyl (C=O) groups excluding carboxylic acids is 1. The summed E-state index contributed by atoms with van der Waals surface area (Å²) in [5, 5.41) is 0. The van der Waals surface area contributed by atoms with E-state index in [1.165, 1.54) is 21.0 Å². The molecule has 0 spiro atoms. The molecule has 0 saturated carbocycles. The Morgan fingerprint density at radius 3 is 2.15 bits per heavy atom. The summed E-state index contributed by atoms with van der Waals surface area (Å²) in [6, 6.07) is 0. The van der Waals surface area contributed by atoms with Crippen LogP contribution in [0, 0.1) is 0 Å². The van der Waals surface area contributed by atoms with Crippen molar-refractivity contribution >= 4 is 15.8 Å². The first kappa shape index (κ1) is 12.4. The predicted molar refractivity (Wildman–Crippen MR) is 50.2 cm³/mol. The molecule has 0 unspecified atom stereocenters. The summed E-state index contributed by atoms with van der Waals surface area (Å²) in [5.74, 6) is -0.698. The molecule has 0 saturated heterocycles. The van der Waals surface area contributed by atoms with Crippen molar-refractivity contribution in [2.75, 3.05) is 12.9 Å². The van der Waals surface area contributed by atoms with Gasteiger partial charge in [-0.05, 0) is 20.3 Å². The Morgan fingerprint density at radius 1 is 1.38 bits per heavy atom. The molecule has 13 heavy (non-hydrogen) atoms. The zero-order chi connectivity index (χ0) is 10.7. The summed E-state index contributed by atoms with van der Waals surface area (Å²) in [4.78, 5) is 11.2. The lowest BCUT2D eigenvalue weighted by atomic mass is 10.2. The van der Waals surface area contributed by atoms with Crippen LogP contribution in [-0.2, 0) is 19.4 Å². The van der Waals surface area contributed by atoms with Crippen molar-refractivity contribution in [2.45, 2.75) is 31.9 Å². The smallest absolute Gasteiger partial charge is 0.326 e. The molecule has 0 aliphatic carbocycles. The third-order valence-electron chi connectivity index (χ3n) is 1.93. The number of hydrogen-bond acceptors (Lipinski definition) is 4. The van der Waals surface area contributed by atoms with E-state index in [4.69, 9.17) is 0 Å². The molecule has 0 fully saturated rings. The van der Waals surface area contributed by atoms with Crippen molar-refractivity contribution in [3.63, 3.8) is 0 Å². The van der Waals surface area contributed by atoms with Crippen LogP contribution in [0.2, 0.25) is 0 Å². The second-order valence-electron chi connectivity index (χ2n) is 3.32. The topological polar surface area (TPSA) is 60.4 Å². The van der Waals surface area contributed by atoms with Gasteiger partial charge in [-0.2, -0.15) is 0 Å². The standard InChI is InChI=1S/C8H16O4S/c1-5-6-13(10,11)8(2,3)7(9)12-4/h5-6H2,1-4H3. The average Bonchev–Trinajstić information content (AvgIpc) is 2.02. The van der Waals surface area contributed by atoms with Crippen molar-refractivity contribution in [1.29, 1.82) is 0 Å². The SMILES string of the molecule is CCCS(=O)(=O)C(C)(C)C(=O)OC. The second-order valence-corrected chi connectivity index (χ2v) is 5.98. The minimum absolute atomic E-state index is 0.00903. The van der Waals surface area contributed by atoms with Gasteiger partial charge in [0.15, 0.2) is 14.6 Å². The maximum absolute atomic E-state index is 11.6. The summed E-state index contributed by atoms with van der Waals surface area (Å²) < 4.78 is 26.1. The van der Waals surface area contributed by atoms with E-state index in [1.54, 1.807) is 6.92 Å². The van der Waals surface area contributed by atoms with Gasteiger partial charge in [-0.3, -0.25) is 4.79 Å². The van der Waals surface area contributed by atoms with Crippen LogP contribution in [-0.4, -0.2) is 32.0 Å². The molecule has 0 aromatic carbocycles. The van der Waals surface area contributed by atoms with Crippen molar-refractivity contribution in [3.8, 4) is 0 Å². The van der Waals surface area contributed by atoms with Crippen LogP contribution in [0.4, 0.5) is 0 Å². The molecule has 0 radical (unpaired) electrons. The van der Waals surface area contributed by atoms with Gasteiger partial charge in [0.05, 0.1) is 12.9 Å². The van der Waals surface area contributed by atoms with Gasteiger partial charge in [-0.1, -0.05) is 6.92 Å². The van der Waals surface area contributed by atoms with Crippen LogP contribution in [0.1, 0.15) is 27.2 Å². The molecule has 0 aromatic rings. The zero-order valence-corrected chi connectivity index (χ0v) is 9.27. The molecule has 78 valence electrons. The Morgan fingerprint density at radius 2 is 1.85 bits per heavy atom. The van der Waals surface area contributed by atoms with E-state index < -0.39 is 20.6 Å². The monoisotopic (exact) mass is 208 g/mol. The number of rotatable bonds is 4. The first-order valence-electron chi connectivity index (χ1n) is 4.10. The summed E-state index contributed by atoms with van der Waals surface area (Å²) in [7, 11) is -2.21. The van der Waals surface area contributed by atoms with E-state index in [2.05, 4.69) is 4.74 Å². The minimum Gasteiger partial charge on any atom is -0.468 e. The number of sulfone groups is 1. The van der Waals surface area contributed by atoms with Gasteiger partial charge in [-0.15, -0.1) is 0 Å². The molecular formula is C8H16O4S. The number of carbonyl (C=O) groups is 1. The van der Waals surface area contributed by atoms with Crippen molar-refractivity contribution < 1.29 is 17.9 Å². The van der Waals surface area contributed by atoms with Crippen LogP contribution in [0.15, 0.2) is 0 Å². The molecule has 0 rings (SSSR count). The van der Waals surface area contributed by atoms with Gasteiger partial charge < -0.3 is 4.74 Å². The zero-order valence-electron chi connectivity index (χ0n) is 8.46. The maximum atomic E-state index is 11.6. The highest BCUT2D eigenvalue weighted by Crippen LogP contribution is 2.19. The van der Waals surface area contributed by atoms with Gasteiger partial charge in [0.1, 0.15) is 0 Å². The first-order valence-corrected chi connectivity index (χ1v) is 5.75. The fourth-order valence-electron chi connectivity index (χ4n) is 0.897. The normalized spacial score (nSPS) is 12.6. The molecular weight excluding hydrogens is 192 g/mol. The van der Waals surface area contributed by atoms with Crippen molar-refractivity contribution in [1.82, 2.24) is 0 Å². The van der Waals surface area contributed by atoms with E-state index in [0.29, 0.717) is 6.42 Å². The lowest BCUT2D eigenvalue weighted by Gasteiger charge is -2.21. The van der Waals surface area contributed by atoms with Crippen LogP contribution in [0.25, 0.3) is 0 Å². The molecule has 0 amide bonds. The molecule has 0 aromatic heterocycles. The van der Waals surface area contributed by atoms with E-state index in [9.17, 15) is 13.2 Å². The van der Waals surface area contributed by atoms with Crippen LogP contribution >= 0.6 is 0 Å². The lowest BCUT2D eigenvalue weighted by molar-refractivity contribution is -0.142. The van der Waals surface area contributed by atoms with E-state index in [-0.39, 0.29) is 5.75 Å². The Labute approximate surface area is 79.2 Å². The number of methoxy groups -OCH3 is 1. The summed E-state index contributed by atoms with van der Waals surface area (Å²) in [6.07, 6.45) is 0.503. The molecule has 0 atom stereocenters. The van der Waals surface area contributed by atoms with E-state index in [1.807, 2.05) is 0 Å². The van der Waals surface area contributed by atoms with Gasteiger partial charge in [0, 0.05) is 0 Å². The predicted octanol–water partition coefficient (Wildman–Crippen LogP) is 0.763. The minimum atomic E-state index is -3.40. The summed E-state index contributed by atoms with van der Waals surface area (Å²) in [6.45, 7) is 4.48. The van der Waals surface area contributed by atoms with Gasteiger partial charge >= 0.3 is 5.97 Å². The maximum Gasteiger partial charge on any atom is 0.326 e. The fraction of sp³-hybridized carbons (Fsp3) is 0.875. The molecule has 0 heterocycles. The summed E-state index contributed by atoms with van der Waals surface area (Å²) in [5.41, 5.74) is 0. The van der Waals surface area contributed by atoms with Gasteiger partial charge in [0.25, 0.3) is 0 Å². The molecule has 5 heteroatoms. The fourth-order valence-corrected chi connectivity index (χ4v) is 2.28. The molecule has 0 bridgehead atoms. The number of hydrogen-bond donors (Lipinski definition) is 0. The Bertz CT molecular complexity index is 277. The number of ether oxygens (including phenoxy) is 1. The van der Waals surface area contributed by atoms with Crippen LogP contribution in [0.3, 0.4) is 0 Å². The Hall–Kier alpha value is -0.580. The lowest BCUT2D eigenvalue weighted by Crippen LogP contribution is -2.42. The van der Waals surface area contributed by atoms with Gasteiger partial charge in [-0.25, -0.2) is 8.42 Å². The van der Waals surface area contributed by atoms with Crippen molar-refractivity contribution in [3.05, 3.63) is 0 Å². The third-order valence-corrected chi connectivity index (χ3v) is 4.59. The Balaban J connectivity index is 4.93. The van der Waals surface area contributed by atoms with E-state index >= 15 is 0 Å². The van der Waals surface area contributed by atoms with Crippen molar-refractivity contribution in [2.24, 2.45) is 0 Å². The molecule has 0 N–H and O–H groups in total. The highest BCUT2D eigenvalue weighted by Gasteiger charge is 2.41. The van der Waals surface area contributed by atoms with Gasteiger partial charge in [0.2, 0.25) is 0 Å². The second kappa shape index (κ2) is 4.09.